The minimum Gasteiger partial charge on any atom is -0.330 e. The van der Waals surface area contributed by atoms with Crippen LogP contribution in [0.2, 0.25) is 0 Å². The average Bonchev–Trinajstić information content (AvgIpc) is 2.92. The van der Waals surface area contributed by atoms with Crippen LogP contribution in [0.25, 0.3) is 0 Å². The SMILES string of the molecule is CCCCCCCCCC(CCCCCCCCCCc1c(F)c(F)c(F)c(F)c1F)OC(OCC)OCC. The van der Waals surface area contributed by atoms with Crippen LogP contribution in [0.15, 0.2) is 0 Å². The maximum atomic E-state index is 13.8. The first-order chi connectivity index (χ1) is 18.9. The van der Waals surface area contributed by atoms with E-state index in [9.17, 15) is 22.0 Å². The van der Waals surface area contributed by atoms with E-state index >= 15 is 0 Å². The maximum Gasteiger partial charge on any atom is 0.271 e. The van der Waals surface area contributed by atoms with Crippen LogP contribution >= 0.6 is 0 Å². The van der Waals surface area contributed by atoms with Gasteiger partial charge in [0.15, 0.2) is 23.3 Å². The number of halogens is 5. The highest BCUT2D eigenvalue weighted by molar-refractivity contribution is 5.24. The smallest absolute Gasteiger partial charge is 0.271 e. The van der Waals surface area contributed by atoms with Gasteiger partial charge in [0, 0.05) is 18.8 Å². The van der Waals surface area contributed by atoms with Crippen molar-refractivity contribution < 1.29 is 36.2 Å². The van der Waals surface area contributed by atoms with Gasteiger partial charge in [-0.15, -0.1) is 0 Å². The number of rotatable bonds is 25. The van der Waals surface area contributed by atoms with Crippen LogP contribution in [-0.2, 0) is 20.6 Å². The fourth-order valence-corrected chi connectivity index (χ4v) is 4.77. The van der Waals surface area contributed by atoms with Gasteiger partial charge in [0.05, 0.1) is 6.10 Å². The molecule has 39 heavy (non-hydrogen) atoms. The Morgan fingerprint density at radius 2 is 0.872 bits per heavy atom. The minimum atomic E-state index is -2.10. The summed E-state index contributed by atoms with van der Waals surface area (Å²) >= 11 is 0. The van der Waals surface area contributed by atoms with Crippen molar-refractivity contribution in [2.75, 3.05) is 13.2 Å². The third kappa shape index (κ3) is 14.8. The summed E-state index contributed by atoms with van der Waals surface area (Å²) in [6.07, 6.45) is 18.0. The molecule has 1 aromatic rings. The Morgan fingerprint density at radius 3 is 1.31 bits per heavy atom. The molecule has 0 aliphatic heterocycles. The van der Waals surface area contributed by atoms with Crippen molar-refractivity contribution in [2.45, 2.75) is 149 Å². The topological polar surface area (TPSA) is 27.7 Å². The molecule has 0 fully saturated rings. The van der Waals surface area contributed by atoms with Crippen molar-refractivity contribution in [1.29, 1.82) is 0 Å². The molecule has 0 saturated carbocycles. The number of unbranched alkanes of at least 4 members (excludes halogenated alkanes) is 13. The molecule has 0 bridgehead atoms. The van der Waals surface area contributed by atoms with Crippen LogP contribution in [0.1, 0.15) is 135 Å². The highest BCUT2D eigenvalue weighted by Gasteiger charge is 2.25. The summed E-state index contributed by atoms with van der Waals surface area (Å²) in [4.78, 5) is 0. The van der Waals surface area contributed by atoms with Gasteiger partial charge in [0.25, 0.3) is 6.48 Å². The number of ether oxygens (including phenoxy) is 3. The van der Waals surface area contributed by atoms with Crippen molar-refractivity contribution >= 4 is 0 Å². The Morgan fingerprint density at radius 1 is 0.487 bits per heavy atom. The van der Waals surface area contributed by atoms with E-state index < -0.39 is 41.1 Å². The number of hydrogen-bond acceptors (Lipinski definition) is 3. The normalized spacial score (nSPS) is 12.5. The van der Waals surface area contributed by atoms with Crippen LogP contribution in [0, 0.1) is 29.1 Å². The molecule has 0 aliphatic rings. The Hall–Kier alpha value is -1.25. The van der Waals surface area contributed by atoms with Crippen molar-refractivity contribution in [3.8, 4) is 0 Å². The average molecular weight is 567 g/mol. The molecule has 1 rings (SSSR count). The van der Waals surface area contributed by atoms with Gasteiger partial charge in [-0.2, -0.15) is 0 Å². The maximum absolute atomic E-state index is 13.8. The van der Waals surface area contributed by atoms with Crippen LogP contribution in [0.3, 0.4) is 0 Å². The molecule has 3 nitrogen and oxygen atoms in total. The summed E-state index contributed by atoms with van der Waals surface area (Å²) in [7, 11) is 0. The van der Waals surface area contributed by atoms with Crippen LogP contribution in [0.4, 0.5) is 22.0 Å². The van der Waals surface area contributed by atoms with Crippen LogP contribution < -0.4 is 0 Å². The van der Waals surface area contributed by atoms with E-state index in [1.807, 2.05) is 13.8 Å². The third-order valence-electron chi connectivity index (χ3n) is 7.04. The van der Waals surface area contributed by atoms with E-state index in [0.29, 0.717) is 26.1 Å². The summed E-state index contributed by atoms with van der Waals surface area (Å²) in [5, 5.41) is 0. The molecule has 0 radical (unpaired) electrons. The second kappa shape index (κ2) is 22.4. The molecule has 0 aliphatic carbocycles. The minimum absolute atomic E-state index is 0.116. The van der Waals surface area contributed by atoms with Gasteiger partial charge in [-0.3, -0.25) is 0 Å². The van der Waals surface area contributed by atoms with Gasteiger partial charge in [0.2, 0.25) is 5.82 Å². The predicted octanol–water partition coefficient (Wildman–Crippen LogP) is 10.3. The van der Waals surface area contributed by atoms with Gasteiger partial charge in [-0.25, -0.2) is 22.0 Å². The molecule has 0 amide bonds. The predicted molar refractivity (Wildman–Crippen MR) is 146 cm³/mol. The van der Waals surface area contributed by atoms with E-state index in [-0.39, 0.29) is 12.5 Å². The van der Waals surface area contributed by atoms with E-state index in [1.165, 1.54) is 38.5 Å². The van der Waals surface area contributed by atoms with Crippen LogP contribution in [0.5, 0.6) is 0 Å². The highest BCUT2D eigenvalue weighted by Crippen LogP contribution is 2.25. The number of benzene rings is 1. The largest absolute Gasteiger partial charge is 0.330 e. The molecular formula is C31H51F5O3. The molecule has 1 atom stereocenters. The van der Waals surface area contributed by atoms with Gasteiger partial charge < -0.3 is 14.2 Å². The van der Waals surface area contributed by atoms with Gasteiger partial charge in [-0.05, 0) is 39.5 Å². The van der Waals surface area contributed by atoms with E-state index in [2.05, 4.69) is 6.92 Å². The second-order valence-corrected chi connectivity index (χ2v) is 10.3. The third-order valence-corrected chi connectivity index (χ3v) is 7.04. The summed E-state index contributed by atoms with van der Waals surface area (Å²) in [5.74, 6) is -9.27. The molecule has 1 aromatic carbocycles. The van der Waals surface area contributed by atoms with E-state index in [1.54, 1.807) is 0 Å². The molecule has 0 spiro atoms. The fourth-order valence-electron chi connectivity index (χ4n) is 4.77. The van der Waals surface area contributed by atoms with Gasteiger partial charge >= 0.3 is 0 Å². The summed E-state index contributed by atoms with van der Waals surface area (Å²) in [6.45, 7) is 6.56. The zero-order valence-corrected chi connectivity index (χ0v) is 24.4. The molecule has 228 valence electrons. The summed E-state index contributed by atoms with van der Waals surface area (Å²) in [5.41, 5.74) is -0.712. The Kier molecular flexibility index (Phi) is 20.6. The lowest BCUT2D eigenvalue weighted by atomic mass is 10.0. The molecular weight excluding hydrogens is 515 g/mol. The molecule has 1 unspecified atom stereocenters. The monoisotopic (exact) mass is 566 g/mol. The fraction of sp³-hybridized carbons (Fsp3) is 0.806. The molecule has 0 saturated heterocycles. The zero-order valence-electron chi connectivity index (χ0n) is 24.4. The first kappa shape index (κ1) is 35.8. The van der Waals surface area contributed by atoms with Crippen molar-refractivity contribution in [3.63, 3.8) is 0 Å². The Bertz CT molecular complexity index is 727. The van der Waals surface area contributed by atoms with Crippen molar-refractivity contribution in [3.05, 3.63) is 34.6 Å². The lowest BCUT2D eigenvalue weighted by Gasteiger charge is -2.24. The van der Waals surface area contributed by atoms with Gasteiger partial charge in [-0.1, -0.05) is 96.8 Å². The molecule has 8 heteroatoms. The summed E-state index contributed by atoms with van der Waals surface area (Å²) in [6, 6.07) is 0. The first-order valence-electron chi connectivity index (χ1n) is 15.3. The van der Waals surface area contributed by atoms with Crippen LogP contribution in [-0.4, -0.2) is 25.8 Å². The lowest BCUT2D eigenvalue weighted by Crippen LogP contribution is -2.27. The standard InChI is InChI=1S/C31H51F5O3/c1-4-7-8-9-12-15-18-21-24(39-31(37-5-2)38-6-3)22-19-16-13-10-11-14-17-20-23-25-26(32)28(34)30(36)29(35)27(25)33/h24,31H,4-23H2,1-3H3. The number of hydrogen-bond donors (Lipinski definition) is 0. The van der Waals surface area contributed by atoms with E-state index in [0.717, 1.165) is 57.8 Å². The second-order valence-electron chi connectivity index (χ2n) is 10.3. The first-order valence-corrected chi connectivity index (χ1v) is 15.3. The van der Waals surface area contributed by atoms with E-state index in [4.69, 9.17) is 14.2 Å². The zero-order chi connectivity index (χ0) is 28.9. The van der Waals surface area contributed by atoms with Crippen molar-refractivity contribution in [1.82, 2.24) is 0 Å². The Balaban J connectivity index is 2.27. The lowest BCUT2D eigenvalue weighted by molar-refractivity contribution is -0.302. The van der Waals surface area contributed by atoms with Gasteiger partial charge in [0.1, 0.15) is 0 Å². The Labute approximate surface area is 233 Å². The quantitative estimate of drug-likeness (QED) is 0.0387. The molecule has 0 aromatic heterocycles. The highest BCUT2D eigenvalue weighted by atomic mass is 19.2. The molecule has 0 N–H and O–H groups in total. The summed E-state index contributed by atoms with van der Waals surface area (Å²) < 4.78 is 84.6. The molecule has 0 heterocycles. The van der Waals surface area contributed by atoms with Crippen molar-refractivity contribution in [2.24, 2.45) is 0 Å².